The first kappa shape index (κ1) is 19.9. The van der Waals surface area contributed by atoms with E-state index >= 15 is 0 Å². The molecule has 4 heteroatoms. The van der Waals surface area contributed by atoms with Crippen molar-refractivity contribution in [3.05, 3.63) is 107 Å². The molecule has 1 aromatic heterocycles. The molecule has 1 aliphatic rings. The molecule has 0 unspecified atom stereocenters. The number of aryl methyl sites for hydroxylation is 1. The van der Waals surface area contributed by atoms with E-state index in [1.54, 1.807) is 11.1 Å². The van der Waals surface area contributed by atoms with E-state index in [0.29, 0.717) is 18.0 Å². The van der Waals surface area contributed by atoms with Crippen LogP contribution in [0.1, 0.15) is 53.8 Å². The molecule has 0 saturated heterocycles. The number of hydrogen-bond donors (Lipinski definition) is 1. The smallest absolute Gasteiger partial charge is 0.290 e. The fourth-order valence-corrected chi connectivity index (χ4v) is 3.92. The number of carbonyl (C=O) groups is 1. The van der Waals surface area contributed by atoms with Crippen LogP contribution in [-0.4, -0.2) is 20.9 Å². The minimum atomic E-state index is -0.372. The van der Waals surface area contributed by atoms with Crippen molar-refractivity contribution in [1.82, 2.24) is 9.88 Å². The first-order chi connectivity index (χ1) is 14.5. The lowest BCUT2D eigenvalue weighted by Gasteiger charge is -2.27. The maximum atomic E-state index is 13.1. The molecule has 1 N–H and O–H groups in total. The Morgan fingerprint density at radius 1 is 1.00 bits per heavy atom. The third-order valence-electron chi connectivity index (χ3n) is 5.64. The van der Waals surface area contributed by atoms with Gasteiger partial charge in [-0.2, -0.15) is 0 Å². The lowest BCUT2D eigenvalue weighted by molar-refractivity contribution is -0.130. The second-order valence-corrected chi connectivity index (χ2v) is 8.11. The lowest BCUT2D eigenvalue weighted by atomic mass is 9.91. The number of rotatable bonds is 5. The topological polar surface area (TPSA) is 53.4 Å². The van der Waals surface area contributed by atoms with Crippen molar-refractivity contribution >= 4 is 11.5 Å². The summed E-state index contributed by atoms with van der Waals surface area (Å²) in [5, 5.41) is 10.9. The largest absolute Gasteiger partial charge is 0.503 e. The molecular weight excluding hydrogens is 372 g/mol. The number of nitrogens with zero attached hydrogens (tertiary/aromatic N) is 2. The molecule has 2 heterocycles. The summed E-state index contributed by atoms with van der Waals surface area (Å²) in [6.07, 6.45) is 1.72. The Bertz CT molecular complexity index is 1070. The van der Waals surface area contributed by atoms with E-state index in [1.807, 2.05) is 49.4 Å². The molecular formula is C26H26N2O2. The highest BCUT2D eigenvalue weighted by Gasteiger charge is 2.41. The van der Waals surface area contributed by atoms with E-state index in [4.69, 9.17) is 0 Å². The van der Waals surface area contributed by atoms with E-state index in [-0.39, 0.29) is 17.7 Å². The molecule has 0 spiro atoms. The second kappa shape index (κ2) is 8.15. The first-order valence-corrected chi connectivity index (χ1v) is 10.3. The van der Waals surface area contributed by atoms with Crippen LogP contribution in [0.4, 0.5) is 0 Å². The van der Waals surface area contributed by atoms with Crippen LogP contribution in [0.5, 0.6) is 0 Å². The van der Waals surface area contributed by atoms with Gasteiger partial charge in [-0.15, -0.1) is 0 Å². The zero-order valence-corrected chi connectivity index (χ0v) is 17.5. The Morgan fingerprint density at radius 2 is 1.70 bits per heavy atom. The van der Waals surface area contributed by atoms with Gasteiger partial charge in [-0.25, -0.2) is 0 Å². The predicted molar refractivity (Wildman–Crippen MR) is 119 cm³/mol. The number of benzene rings is 2. The van der Waals surface area contributed by atoms with Crippen molar-refractivity contribution in [2.75, 3.05) is 0 Å². The summed E-state index contributed by atoms with van der Waals surface area (Å²) in [4.78, 5) is 19.2. The van der Waals surface area contributed by atoms with Gasteiger partial charge in [0.1, 0.15) is 0 Å². The number of aromatic nitrogens is 1. The Labute approximate surface area is 177 Å². The summed E-state index contributed by atoms with van der Waals surface area (Å²) >= 11 is 0. The summed E-state index contributed by atoms with van der Waals surface area (Å²) in [7, 11) is 0. The van der Waals surface area contributed by atoms with Crippen molar-refractivity contribution in [3.63, 3.8) is 0 Å². The van der Waals surface area contributed by atoms with Crippen molar-refractivity contribution in [2.24, 2.45) is 0 Å². The zero-order valence-electron chi connectivity index (χ0n) is 17.5. The van der Waals surface area contributed by atoms with E-state index in [1.165, 1.54) is 5.56 Å². The van der Waals surface area contributed by atoms with Crippen LogP contribution in [0.2, 0.25) is 0 Å². The quantitative estimate of drug-likeness (QED) is 0.612. The normalized spacial score (nSPS) is 16.6. The third-order valence-corrected chi connectivity index (χ3v) is 5.64. The average Bonchev–Trinajstić information content (AvgIpc) is 3.00. The minimum Gasteiger partial charge on any atom is -0.503 e. The Balaban J connectivity index is 1.80. The molecule has 3 aromatic rings. The molecule has 1 atom stereocenters. The van der Waals surface area contributed by atoms with Gasteiger partial charge in [0.2, 0.25) is 0 Å². The van der Waals surface area contributed by atoms with E-state index in [2.05, 4.69) is 43.1 Å². The fourth-order valence-electron chi connectivity index (χ4n) is 3.92. The van der Waals surface area contributed by atoms with Gasteiger partial charge in [0.05, 0.1) is 18.3 Å². The minimum absolute atomic E-state index is 0.187. The number of aliphatic hydroxyl groups excluding tert-OH is 1. The van der Waals surface area contributed by atoms with E-state index < -0.39 is 0 Å². The maximum absolute atomic E-state index is 13.1. The number of hydrogen-bond acceptors (Lipinski definition) is 3. The van der Waals surface area contributed by atoms with Crippen LogP contribution in [0.15, 0.2) is 78.7 Å². The van der Waals surface area contributed by atoms with Crippen molar-refractivity contribution in [1.29, 1.82) is 0 Å². The van der Waals surface area contributed by atoms with Crippen LogP contribution in [0.3, 0.4) is 0 Å². The molecule has 4 nitrogen and oxygen atoms in total. The molecule has 1 aliphatic heterocycles. The number of pyridine rings is 1. The van der Waals surface area contributed by atoms with Gasteiger partial charge in [-0.1, -0.05) is 74.0 Å². The number of carbonyl (C=O) groups excluding carboxylic acids is 1. The maximum Gasteiger partial charge on any atom is 0.290 e. The van der Waals surface area contributed by atoms with Crippen LogP contribution in [0.25, 0.3) is 5.57 Å². The summed E-state index contributed by atoms with van der Waals surface area (Å²) in [5.41, 5.74) is 5.63. The highest BCUT2D eigenvalue weighted by Crippen LogP contribution is 2.43. The molecule has 30 heavy (non-hydrogen) atoms. The van der Waals surface area contributed by atoms with Crippen molar-refractivity contribution in [3.8, 4) is 0 Å². The monoisotopic (exact) mass is 398 g/mol. The molecule has 1 amide bonds. The van der Waals surface area contributed by atoms with Gasteiger partial charge in [-0.05, 0) is 41.7 Å². The van der Waals surface area contributed by atoms with Gasteiger partial charge >= 0.3 is 0 Å². The molecule has 0 fully saturated rings. The van der Waals surface area contributed by atoms with Crippen LogP contribution >= 0.6 is 0 Å². The summed E-state index contributed by atoms with van der Waals surface area (Å²) in [6.45, 7) is 6.67. The summed E-state index contributed by atoms with van der Waals surface area (Å²) in [6, 6.07) is 21.5. The Kier molecular flexibility index (Phi) is 5.40. The molecule has 0 radical (unpaired) electrons. The second-order valence-electron chi connectivity index (χ2n) is 8.11. The van der Waals surface area contributed by atoms with Gasteiger partial charge in [0.25, 0.3) is 5.91 Å². The highest BCUT2D eigenvalue weighted by molar-refractivity contribution is 6.05. The molecule has 152 valence electrons. The fraction of sp³-hybridized carbons (Fsp3) is 0.231. The highest BCUT2D eigenvalue weighted by atomic mass is 16.3. The van der Waals surface area contributed by atoms with E-state index in [0.717, 1.165) is 22.4 Å². The first-order valence-electron chi connectivity index (χ1n) is 10.3. The SMILES string of the molecule is Cc1ccc(C2=C(O)C(=O)N(Cc3ccccn3)[C@@H]2c2ccc(C(C)C)cc2)cc1. The van der Waals surface area contributed by atoms with Gasteiger partial charge < -0.3 is 10.0 Å². The molecule has 2 aromatic carbocycles. The number of aliphatic hydroxyl groups is 1. The third kappa shape index (κ3) is 3.73. The molecule has 0 aliphatic carbocycles. The average molecular weight is 399 g/mol. The van der Waals surface area contributed by atoms with Crippen LogP contribution in [0, 0.1) is 6.92 Å². The van der Waals surface area contributed by atoms with Gasteiger partial charge in [-0.3, -0.25) is 9.78 Å². The van der Waals surface area contributed by atoms with Crippen LogP contribution < -0.4 is 0 Å². The summed E-state index contributed by atoms with van der Waals surface area (Å²) < 4.78 is 0. The molecule has 0 bridgehead atoms. The summed E-state index contributed by atoms with van der Waals surface area (Å²) in [5.74, 6) is -0.128. The zero-order chi connectivity index (χ0) is 21.3. The van der Waals surface area contributed by atoms with Crippen LogP contribution in [-0.2, 0) is 11.3 Å². The van der Waals surface area contributed by atoms with Crippen molar-refractivity contribution < 1.29 is 9.90 Å². The van der Waals surface area contributed by atoms with Gasteiger partial charge in [0, 0.05) is 11.8 Å². The standard InChI is InChI=1S/C26H26N2O2/c1-17(2)19-11-13-21(14-12-19)24-23(20-9-7-18(3)8-10-20)25(29)26(30)28(24)16-22-6-4-5-15-27-22/h4-15,17,24,29H,16H2,1-3H3/t24-/m1/s1. The molecule has 4 rings (SSSR count). The number of amides is 1. The van der Waals surface area contributed by atoms with Gasteiger partial charge in [0.15, 0.2) is 5.76 Å². The van der Waals surface area contributed by atoms with E-state index in [9.17, 15) is 9.90 Å². The van der Waals surface area contributed by atoms with Crippen molar-refractivity contribution in [2.45, 2.75) is 39.3 Å². The lowest BCUT2D eigenvalue weighted by Crippen LogP contribution is -2.30. The molecule has 0 saturated carbocycles. The Morgan fingerprint density at radius 3 is 2.30 bits per heavy atom. The predicted octanol–water partition coefficient (Wildman–Crippen LogP) is 5.57. The Hall–Kier alpha value is -3.40.